The van der Waals surface area contributed by atoms with Gasteiger partial charge in [0.25, 0.3) is 0 Å². The van der Waals surface area contributed by atoms with Gasteiger partial charge in [0.05, 0.1) is 16.4 Å². The largest absolute Gasteiger partial charge is 0.481 e. The maximum atomic E-state index is 12.0. The van der Waals surface area contributed by atoms with Gasteiger partial charge in [-0.1, -0.05) is 13.8 Å². The normalized spacial score (nSPS) is 43.3. The molecule has 22 heavy (non-hydrogen) atoms. The predicted octanol–water partition coefficient (Wildman–Crippen LogP) is 2.66. The standard InChI is InChI=1S/C17H26O5/c1-3-17(22,4-2)16-7-11-5-14(9-16,12(18)19)8-15(6-11,10-16)13(20)21/h11,22H,3-10H2,1-2H3,(H,18,19)(H,20,21). The monoisotopic (exact) mass is 310 g/mol. The molecule has 4 aliphatic carbocycles. The summed E-state index contributed by atoms with van der Waals surface area (Å²) < 4.78 is 0. The second-order valence-corrected chi connectivity index (χ2v) is 8.20. The molecule has 0 aliphatic heterocycles. The van der Waals surface area contributed by atoms with Gasteiger partial charge in [-0.2, -0.15) is 0 Å². The Kier molecular flexibility index (Phi) is 3.20. The zero-order valence-electron chi connectivity index (χ0n) is 13.4. The summed E-state index contributed by atoms with van der Waals surface area (Å²) >= 11 is 0. The van der Waals surface area contributed by atoms with Crippen molar-refractivity contribution in [3.05, 3.63) is 0 Å². The third-order valence-electron chi connectivity index (χ3n) is 7.13. The summed E-state index contributed by atoms with van der Waals surface area (Å²) in [4.78, 5) is 24.0. The zero-order chi connectivity index (χ0) is 16.4. The average Bonchev–Trinajstić information content (AvgIpc) is 2.44. The van der Waals surface area contributed by atoms with Gasteiger partial charge in [0.15, 0.2) is 0 Å². The predicted molar refractivity (Wildman–Crippen MR) is 79.3 cm³/mol. The van der Waals surface area contributed by atoms with E-state index in [9.17, 15) is 24.9 Å². The molecule has 4 rings (SSSR count). The van der Waals surface area contributed by atoms with Crippen LogP contribution >= 0.6 is 0 Å². The minimum atomic E-state index is -0.964. The van der Waals surface area contributed by atoms with Crippen LogP contribution in [0.15, 0.2) is 0 Å². The lowest BCUT2D eigenvalue weighted by molar-refractivity contribution is -0.241. The van der Waals surface area contributed by atoms with E-state index >= 15 is 0 Å². The molecule has 5 nitrogen and oxygen atoms in total. The summed E-state index contributed by atoms with van der Waals surface area (Å²) in [5, 5.41) is 30.9. The Morgan fingerprint density at radius 1 is 0.955 bits per heavy atom. The van der Waals surface area contributed by atoms with Crippen LogP contribution in [0.1, 0.15) is 65.2 Å². The fraction of sp³-hybridized carbons (Fsp3) is 0.882. The van der Waals surface area contributed by atoms with Crippen LogP contribution in [-0.4, -0.2) is 32.9 Å². The van der Waals surface area contributed by atoms with Crippen molar-refractivity contribution in [2.75, 3.05) is 0 Å². The van der Waals surface area contributed by atoms with Crippen LogP contribution in [0, 0.1) is 22.2 Å². The molecule has 2 atom stereocenters. The molecule has 5 heteroatoms. The van der Waals surface area contributed by atoms with E-state index in [4.69, 9.17) is 0 Å². The van der Waals surface area contributed by atoms with Gasteiger partial charge in [-0.15, -0.1) is 0 Å². The van der Waals surface area contributed by atoms with Gasteiger partial charge < -0.3 is 15.3 Å². The lowest BCUT2D eigenvalue weighted by Gasteiger charge is -2.67. The summed E-state index contributed by atoms with van der Waals surface area (Å²) in [5.74, 6) is -1.64. The molecule has 0 aromatic rings. The smallest absolute Gasteiger partial charge is 0.309 e. The summed E-state index contributed by atoms with van der Waals surface area (Å²) in [6.45, 7) is 3.84. The number of carboxylic acids is 2. The first-order valence-corrected chi connectivity index (χ1v) is 8.36. The maximum Gasteiger partial charge on any atom is 0.309 e. The number of hydrogen-bond donors (Lipinski definition) is 3. The van der Waals surface area contributed by atoms with Crippen molar-refractivity contribution in [3.63, 3.8) is 0 Å². The third-order valence-corrected chi connectivity index (χ3v) is 7.13. The van der Waals surface area contributed by atoms with E-state index in [0.717, 1.165) is 6.42 Å². The van der Waals surface area contributed by atoms with Crippen molar-refractivity contribution in [1.29, 1.82) is 0 Å². The minimum Gasteiger partial charge on any atom is -0.481 e. The zero-order valence-corrected chi connectivity index (χ0v) is 13.4. The van der Waals surface area contributed by atoms with Gasteiger partial charge in [-0.05, 0) is 57.3 Å². The van der Waals surface area contributed by atoms with Crippen LogP contribution in [0.4, 0.5) is 0 Å². The average molecular weight is 310 g/mol. The number of aliphatic carboxylic acids is 2. The number of aliphatic hydroxyl groups is 1. The molecule has 0 aromatic heterocycles. The Morgan fingerprint density at radius 3 is 1.77 bits per heavy atom. The van der Waals surface area contributed by atoms with Crippen molar-refractivity contribution in [2.45, 2.75) is 70.8 Å². The Labute approximate surface area is 130 Å². The summed E-state index contributed by atoms with van der Waals surface area (Å²) in [6, 6.07) is 0. The molecule has 4 bridgehead atoms. The van der Waals surface area contributed by atoms with Gasteiger partial charge in [-0.25, -0.2) is 0 Å². The second-order valence-electron chi connectivity index (χ2n) is 8.20. The first kappa shape index (κ1) is 15.8. The second kappa shape index (κ2) is 4.47. The maximum absolute atomic E-state index is 12.0. The van der Waals surface area contributed by atoms with E-state index in [1.807, 2.05) is 13.8 Å². The lowest BCUT2D eigenvalue weighted by atomic mass is 9.36. The molecule has 3 N–H and O–H groups in total. The van der Waals surface area contributed by atoms with E-state index in [-0.39, 0.29) is 12.3 Å². The molecule has 0 aromatic carbocycles. The van der Waals surface area contributed by atoms with Gasteiger partial charge in [0.2, 0.25) is 0 Å². The summed E-state index contributed by atoms with van der Waals surface area (Å²) in [6.07, 6.45) is 4.09. The highest BCUT2D eigenvalue weighted by molar-refractivity contribution is 5.81. The van der Waals surface area contributed by atoms with E-state index in [1.54, 1.807) is 0 Å². The first-order valence-electron chi connectivity index (χ1n) is 8.36. The minimum absolute atomic E-state index is 0.105. The van der Waals surface area contributed by atoms with Crippen molar-refractivity contribution >= 4 is 11.9 Å². The molecule has 4 fully saturated rings. The van der Waals surface area contributed by atoms with Crippen LogP contribution in [0.25, 0.3) is 0 Å². The fourth-order valence-corrected chi connectivity index (χ4v) is 6.43. The van der Waals surface area contributed by atoms with Gasteiger partial charge in [0.1, 0.15) is 0 Å². The van der Waals surface area contributed by atoms with Gasteiger partial charge >= 0.3 is 11.9 Å². The van der Waals surface area contributed by atoms with Crippen LogP contribution in [0.2, 0.25) is 0 Å². The quantitative estimate of drug-likeness (QED) is 0.725. The number of carboxylic acid groups (broad SMARTS) is 2. The fourth-order valence-electron chi connectivity index (χ4n) is 6.43. The molecular formula is C17H26O5. The number of rotatable bonds is 5. The highest BCUT2D eigenvalue weighted by atomic mass is 16.4. The molecule has 0 saturated heterocycles. The number of carbonyl (C=O) groups is 2. The van der Waals surface area contributed by atoms with Gasteiger partial charge in [0, 0.05) is 5.41 Å². The van der Waals surface area contributed by atoms with Crippen molar-refractivity contribution in [2.24, 2.45) is 22.2 Å². The van der Waals surface area contributed by atoms with Crippen molar-refractivity contribution < 1.29 is 24.9 Å². The van der Waals surface area contributed by atoms with E-state index < -0.39 is 33.8 Å². The Bertz CT molecular complexity index is 491. The van der Waals surface area contributed by atoms with Crippen LogP contribution in [0.3, 0.4) is 0 Å². The Balaban J connectivity index is 2.14. The Morgan fingerprint density at radius 2 is 1.41 bits per heavy atom. The third kappa shape index (κ3) is 1.75. The molecular weight excluding hydrogens is 284 g/mol. The molecule has 2 unspecified atom stereocenters. The van der Waals surface area contributed by atoms with Crippen LogP contribution in [0.5, 0.6) is 0 Å². The topological polar surface area (TPSA) is 94.8 Å². The van der Waals surface area contributed by atoms with E-state index in [0.29, 0.717) is 38.5 Å². The van der Waals surface area contributed by atoms with E-state index in [1.165, 1.54) is 0 Å². The molecule has 4 aliphatic rings. The van der Waals surface area contributed by atoms with Crippen molar-refractivity contribution in [1.82, 2.24) is 0 Å². The molecule has 0 spiro atoms. The lowest BCUT2D eigenvalue weighted by Crippen LogP contribution is -2.67. The molecule has 4 saturated carbocycles. The SMILES string of the molecule is CCC(O)(CC)C12CC3CC(C(=O)O)(CC(C(=O)O)(C3)C1)C2. The molecule has 0 radical (unpaired) electrons. The van der Waals surface area contributed by atoms with Crippen LogP contribution in [-0.2, 0) is 9.59 Å². The van der Waals surface area contributed by atoms with Gasteiger partial charge in [-0.3, -0.25) is 9.59 Å². The summed E-state index contributed by atoms with van der Waals surface area (Å²) in [7, 11) is 0. The highest BCUT2D eigenvalue weighted by Crippen LogP contribution is 2.73. The molecule has 124 valence electrons. The Hall–Kier alpha value is -1.10. The summed E-state index contributed by atoms with van der Waals surface area (Å²) in [5.41, 5.74) is -3.45. The first-order chi connectivity index (χ1) is 10.2. The van der Waals surface area contributed by atoms with E-state index in [2.05, 4.69) is 0 Å². The number of hydrogen-bond acceptors (Lipinski definition) is 3. The van der Waals surface area contributed by atoms with Crippen molar-refractivity contribution in [3.8, 4) is 0 Å². The molecule has 0 heterocycles. The highest BCUT2D eigenvalue weighted by Gasteiger charge is 2.71. The van der Waals surface area contributed by atoms with Crippen LogP contribution < -0.4 is 0 Å². The molecule has 0 amide bonds.